The molecule has 0 amide bonds. The van der Waals surface area contributed by atoms with Gasteiger partial charge in [-0.25, -0.2) is 0 Å². The van der Waals surface area contributed by atoms with Crippen molar-refractivity contribution in [1.82, 2.24) is 5.32 Å². The van der Waals surface area contributed by atoms with Gasteiger partial charge in [-0.1, -0.05) is 31.0 Å². The maximum absolute atomic E-state index is 3.58. The number of hydrogen-bond donors (Lipinski definition) is 1. The molecule has 1 N–H and O–H groups in total. The summed E-state index contributed by atoms with van der Waals surface area (Å²) < 4.78 is 0. The predicted molar refractivity (Wildman–Crippen MR) is 84.0 cm³/mol. The zero-order valence-electron chi connectivity index (χ0n) is 12.4. The summed E-state index contributed by atoms with van der Waals surface area (Å²) in [6.07, 6.45) is 8.80. The van der Waals surface area contributed by atoms with Gasteiger partial charge < -0.3 is 10.2 Å². The van der Waals surface area contributed by atoms with Gasteiger partial charge in [0.2, 0.25) is 0 Å². The Morgan fingerprint density at radius 1 is 1.00 bits per heavy atom. The summed E-state index contributed by atoms with van der Waals surface area (Å²) in [7, 11) is 0. The molecule has 0 bridgehead atoms. The van der Waals surface area contributed by atoms with E-state index in [4.69, 9.17) is 0 Å². The molecular weight excluding hydrogens is 244 g/mol. The third-order valence-electron chi connectivity index (χ3n) is 5.56. The Morgan fingerprint density at radius 3 is 2.80 bits per heavy atom. The van der Waals surface area contributed by atoms with E-state index >= 15 is 0 Å². The van der Waals surface area contributed by atoms with Crippen LogP contribution >= 0.6 is 0 Å². The van der Waals surface area contributed by atoms with E-state index in [9.17, 15) is 0 Å². The van der Waals surface area contributed by atoms with Crippen LogP contribution in [0, 0.1) is 11.8 Å². The van der Waals surface area contributed by atoms with Crippen LogP contribution in [0.5, 0.6) is 0 Å². The zero-order valence-corrected chi connectivity index (χ0v) is 12.4. The summed E-state index contributed by atoms with van der Waals surface area (Å²) in [5.74, 6) is 2.11. The maximum Gasteiger partial charge on any atom is 0.0414 e. The van der Waals surface area contributed by atoms with Crippen LogP contribution in [0.1, 0.15) is 44.1 Å². The number of nitrogens with one attached hydrogen (secondary N) is 1. The molecule has 3 aliphatic rings. The lowest BCUT2D eigenvalue weighted by Gasteiger charge is -2.39. The Kier molecular flexibility index (Phi) is 3.43. The minimum atomic E-state index is 0.787. The van der Waals surface area contributed by atoms with Crippen molar-refractivity contribution in [2.75, 3.05) is 18.0 Å². The van der Waals surface area contributed by atoms with Crippen LogP contribution in [-0.2, 0) is 6.54 Å². The summed E-state index contributed by atoms with van der Waals surface area (Å²) in [6.45, 7) is 3.34. The quantitative estimate of drug-likeness (QED) is 0.884. The SMILES string of the molecule is c1ccc2c(c1)CNCCN2C1CCCC(C2CC2)C1. The highest BCUT2D eigenvalue weighted by Crippen LogP contribution is 2.45. The normalized spacial score (nSPS) is 30.7. The Bertz CT molecular complexity index is 466. The molecule has 0 spiro atoms. The second-order valence-corrected chi connectivity index (χ2v) is 6.92. The van der Waals surface area contributed by atoms with E-state index in [1.165, 1.54) is 56.3 Å². The first-order chi connectivity index (χ1) is 9.92. The average Bonchev–Trinajstić information content (AvgIpc) is 3.34. The van der Waals surface area contributed by atoms with E-state index in [1.54, 1.807) is 0 Å². The molecule has 0 radical (unpaired) electrons. The molecule has 2 atom stereocenters. The number of para-hydroxylation sites is 1. The smallest absolute Gasteiger partial charge is 0.0414 e. The monoisotopic (exact) mass is 270 g/mol. The highest BCUT2D eigenvalue weighted by molar-refractivity contribution is 5.55. The Morgan fingerprint density at radius 2 is 1.90 bits per heavy atom. The number of benzene rings is 1. The maximum atomic E-state index is 3.58. The third-order valence-corrected chi connectivity index (χ3v) is 5.56. The predicted octanol–water partition coefficient (Wildman–Crippen LogP) is 3.57. The molecule has 20 heavy (non-hydrogen) atoms. The largest absolute Gasteiger partial charge is 0.367 e. The van der Waals surface area contributed by atoms with Crippen molar-refractivity contribution in [3.8, 4) is 0 Å². The molecule has 2 nitrogen and oxygen atoms in total. The van der Waals surface area contributed by atoms with Gasteiger partial charge in [0.15, 0.2) is 0 Å². The van der Waals surface area contributed by atoms with E-state index in [0.29, 0.717) is 0 Å². The first-order valence-electron chi connectivity index (χ1n) is 8.47. The van der Waals surface area contributed by atoms with Gasteiger partial charge in [0.1, 0.15) is 0 Å². The Balaban J connectivity index is 1.57. The number of nitrogens with zero attached hydrogens (tertiary/aromatic N) is 1. The zero-order chi connectivity index (χ0) is 13.4. The van der Waals surface area contributed by atoms with Crippen LogP contribution in [0.2, 0.25) is 0 Å². The second-order valence-electron chi connectivity index (χ2n) is 6.92. The number of rotatable bonds is 2. The Hall–Kier alpha value is -1.02. The van der Waals surface area contributed by atoms with E-state index in [1.807, 2.05) is 0 Å². The average molecular weight is 270 g/mol. The van der Waals surface area contributed by atoms with Crippen LogP contribution in [0.3, 0.4) is 0 Å². The van der Waals surface area contributed by atoms with Gasteiger partial charge in [0.25, 0.3) is 0 Å². The summed E-state index contributed by atoms with van der Waals surface area (Å²) in [4.78, 5) is 2.73. The molecule has 0 aromatic heterocycles. The molecular formula is C18H26N2. The Labute approximate surface area is 122 Å². The van der Waals surface area contributed by atoms with Gasteiger partial charge >= 0.3 is 0 Å². The van der Waals surface area contributed by atoms with E-state index in [0.717, 1.165) is 31.0 Å². The van der Waals surface area contributed by atoms with Crippen molar-refractivity contribution >= 4 is 5.69 Å². The van der Waals surface area contributed by atoms with Crippen molar-refractivity contribution in [2.45, 2.75) is 51.1 Å². The third kappa shape index (κ3) is 2.46. The molecule has 1 aromatic carbocycles. The fourth-order valence-electron chi connectivity index (χ4n) is 4.34. The topological polar surface area (TPSA) is 15.3 Å². The lowest BCUT2D eigenvalue weighted by Crippen LogP contribution is -2.41. The summed E-state index contributed by atoms with van der Waals surface area (Å²) in [6, 6.07) is 9.80. The highest BCUT2D eigenvalue weighted by atomic mass is 15.2. The van der Waals surface area contributed by atoms with E-state index in [2.05, 4.69) is 34.5 Å². The molecule has 0 saturated heterocycles. The molecule has 2 unspecified atom stereocenters. The van der Waals surface area contributed by atoms with Crippen LogP contribution in [0.15, 0.2) is 24.3 Å². The second kappa shape index (κ2) is 5.40. The van der Waals surface area contributed by atoms with Crippen LogP contribution in [0.25, 0.3) is 0 Å². The molecule has 4 rings (SSSR count). The summed E-state index contributed by atoms with van der Waals surface area (Å²) in [5, 5.41) is 3.58. The van der Waals surface area contributed by atoms with Gasteiger partial charge in [-0.3, -0.25) is 0 Å². The van der Waals surface area contributed by atoms with Crippen LogP contribution in [-0.4, -0.2) is 19.1 Å². The lowest BCUT2D eigenvalue weighted by atomic mass is 9.82. The lowest BCUT2D eigenvalue weighted by molar-refractivity contribution is 0.282. The minimum Gasteiger partial charge on any atom is -0.367 e. The molecule has 2 saturated carbocycles. The molecule has 1 heterocycles. The van der Waals surface area contributed by atoms with Gasteiger partial charge in [-0.2, -0.15) is 0 Å². The fraction of sp³-hybridized carbons (Fsp3) is 0.667. The van der Waals surface area contributed by atoms with E-state index in [-0.39, 0.29) is 0 Å². The van der Waals surface area contributed by atoms with Gasteiger partial charge in [0, 0.05) is 31.4 Å². The van der Waals surface area contributed by atoms with Crippen molar-refractivity contribution < 1.29 is 0 Å². The molecule has 1 aromatic rings. The summed E-state index contributed by atoms with van der Waals surface area (Å²) >= 11 is 0. The molecule has 2 aliphatic carbocycles. The van der Waals surface area contributed by atoms with Crippen LogP contribution < -0.4 is 10.2 Å². The van der Waals surface area contributed by atoms with Gasteiger partial charge in [-0.15, -0.1) is 0 Å². The molecule has 108 valence electrons. The van der Waals surface area contributed by atoms with Crippen molar-refractivity contribution in [2.24, 2.45) is 11.8 Å². The number of hydrogen-bond acceptors (Lipinski definition) is 2. The standard InChI is InChI=1S/C18H26N2/c1-2-7-18-16(4-1)13-19-10-11-20(18)17-6-3-5-15(12-17)14-8-9-14/h1-2,4,7,14-15,17,19H,3,5-6,8-13H2. The molecule has 1 aliphatic heterocycles. The number of fused-ring (bicyclic) bond motifs is 1. The van der Waals surface area contributed by atoms with Crippen molar-refractivity contribution in [3.63, 3.8) is 0 Å². The first-order valence-corrected chi connectivity index (χ1v) is 8.47. The van der Waals surface area contributed by atoms with E-state index < -0.39 is 0 Å². The van der Waals surface area contributed by atoms with Gasteiger partial charge in [-0.05, 0) is 49.1 Å². The minimum absolute atomic E-state index is 0.787. The highest BCUT2D eigenvalue weighted by Gasteiger charge is 2.36. The fourth-order valence-corrected chi connectivity index (χ4v) is 4.34. The van der Waals surface area contributed by atoms with Gasteiger partial charge in [0.05, 0.1) is 0 Å². The number of anilines is 1. The first kappa shape index (κ1) is 12.7. The molecule has 2 fully saturated rings. The molecule has 2 heteroatoms. The van der Waals surface area contributed by atoms with Crippen LogP contribution in [0.4, 0.5) is 5.69 Å². The van der Waals surface area contributed by atoms with Crippen molar-refractivity contribution in [3.05, 3.63) is 29.8 Å². The summed E-state index contributed by atoms with van der Waals surface area (Å²) in [5.41, 5.74) is 2.98. The van der Waals surface area contributed by atoms with Crippen molar-refractivity contribution in [1.29, 1.82) is 0 Å².